The summed E-state index contributed by atoms with van der Waals surface area (Å²) in [4.78, 5) is 10.3. The standard InChI is InChI=1S/C51H33N3O/c1-3-14-33(15-4-1)49-52-50(34-16-5-2-6-17-34)54-51(53-49)43-26-25-42(40-21-11-12-22-41(40)43)47-39(38-24-23-32-13-7-8-18-35(32)29-38)27-28-45-48(47)44-30-36-19-9-10-20-37(36)31-46(44)55-45/h1-31,49H,(H,52,53,54). The maximum atomic E-state index is 6.68. The summed E-state index contributed by atoms with van der Waals surface area (Å²) in [5.41, 5.74) is 9.43. The number of benzene rings is 9. The molecule has 9 aromatic carbocycles. The molecule has 10 aromatic rings. The summed E-state index contributed by atoms with van der Waals surface area (Å²) in [6, 6.07) is 66.5. The predicted octanol–water partition coefficient (Wildman–Crippen LogP) is 12.9. The van der Waals surface area contributed by atoms with Crippen molar-refractivity contribution in [2.75, 3.05) is 0 Å². The van der Waals surface area contributed by atoms with E-state index in [9.17, 15) is 0 Å². The van der Waals surface area contributed by atoms with Crippen LogP contribution in [0.4, 0.5) is 0 Å². The van der Waals surface area contributed by atoms with E-state index in [0.29, 0.717) is 5.84 Å². The number of hydrogen-bond donors (Lipinski definition) is 1. The van der Waals surface area contributed by atoms with Crippen molar-refractivity contribution in [2.45, 2.75) is 6.17 Å². The van der Waals surface area contributed by atoms with Crippen molar-refractivity contribution in [3.8, 4) is 22.3 Å². The fourth-order valence-corrected chi connectivity index (χ4v) is 8.26. The van der Waals surface area contributed by atoms with Crippen LogP contribution in [-0.2, 0) is 0 Å². The minimum atomic E-state index is -0.289. The first-order chi connectivity index (χ1) is 27.2. The third kappa shape index (κ3) is 5.30. The topological polar surface area (TPSA) is 49.9 Å². The summed E-state index contributed by atoms with van der Waals surface area (Å²) in [6.45, 7) is 0. The Labute approximate surface area is 317 Å². The highest BCUT2D eigenvalue weighted by atomic mass is 16.3. The van der Waals surface area contributed by atoms with Gasteiger partial charge in [0.25, 0.3) is 0 Å². The molecule has 1 atom stereocenters. The molecule has 0 spiro atoms. The third-order valence-corrected chi connectivity index (χ3v) is 10.9. The van der Waals surface area contributed by atoms with Gasteiger partial charge in [-0.3, -0.25) is 0 Å². The van der Waals surface area contributed by atoms with Gasteiger partial charge in [-0.2, -0.15) is 0 Å². The Balaban J connectivity index is 1.17. The second-order valence-corrected chi connectivity index (χ2v) is 14.2. The van der Waals surface area contributed by atoms with Gasteiger partial charge in [-0.1, -0.05) is 164 Å². The Hall–Kier alpha value is -7.30. The predicted molar refractivity (Wildman–Crippen MR) is 229 cm³/mol. The molecule has 1 unspecified atom stereocenters. The van der Waals surface area contributed by atoms with Gasteiger partial charge in [0.2, 0.25) is 0 Å². The van der Waals surface area contributed by atoms with Crippen molar-refractivity contribution in [1.29, 1.82) is 0 Å². The van der Waals surface area contributed by atoms with E-state index >= 15 is 0 Å². The Morgan fingerprint density at radius 3 is 1.84 bits per heavy atom. The van der Waals surface area contributed by atoms with Crippen molar-refractivity contribution in [3.05, 3.63) is 205 Å². The molecule has 0 fully saturated rings. The molecule has 2 heterocycles. The van der Waals surface area contributed by atoms with Crippen LogP contribution in [0.15, 0.2) is 202 Å². The smallest absolute Gasteiger partial charge is 0.159 e. The van der Waals surface area contributed by atoms with Crippen molar-refractivity contribution >= 4 is 65.9 Å². The molecule has 1 aliphatic rings. The van der Waals surface area contributed by atoms with E-state index < -0.39 is 0 Å². The van der Waals surface area contributed by atoms with Gasteiger partial charge in [0.05, 0.1) is 0 Å². The summed E-state index contributed by atoms with van der Waals surface area (Å²) in [5, 5.41) is 12.9. The molecule has 55 heavy (non-hydrogen) atoms. The number of aliphatic imine (C=N–C) groups is 2. The molecule has 4 nitrogen and oxygen atoms in total. The fraction of sp³-hybridized carbons (Fsp3) is 0.0196. The second kappa shape index (κ2) is 12.7. The molecular weight excluding hydrogens is 671 g/mol. The number of amidine groups is 2. The summed E-state index contributed by atoms with van der Waals surface area (Å²) >= 11 is 0. The molecule has 0 amide bonds. The van der Waals surface area contributed by atoms with Gasteiger partial charge >= 0.3 is 0 Å². The number of hydrogen-bond acceptors (Lipinski definition) is 4. The van der Waals surface area contributed by atoms with Gasteiger partial charge in [0, 0.05) is 27.5 Å². The lowest BCUT2D eigenvalue weighted by Crippen LogP contribution is -2.33. The summed E-state index contributed by atoms with van der Waals surface area (Å²) in [6.07, 6.45) is -0.289. The Morgan fingerprint density at radius 1 is 0.436 bits per heavy atom. The summed E-state index contributed by atoms with van der Waals surface area (Å²) < 4.78 is 6.68. The van der Waals surface area contributed by atoms with E-state index in [0.717, 1.165) is 82.9 Å². The van der Waals surface area contributed by atoms with Crippen molar-refractivity contribution in [3.63, 3.8) is 0 Å². The van der Waals surface area contributed by atoms with Gasteiger partial charge < -0.3 is 9.73 Å². The summed E-state index contributed by atoms with van der Waals surface area (Å²) in [7, 11) is 0. The molecule has 0 bridgehead atoms. The minimum absolute atomic E-state index is 0.289. The number of furan rings is 1. The van der Waals surface area contributed by atoms with E-state index in [-0.39, 0.29) is 6.17 Å². The highest BCUT2D eigenvalue weighted by Crippen LogP contribution is 2.46. The van der Waals surface area contributed by atoms with Gasteiger partial charge in [0.15, 0.2) is 5.84 Å². The minimum Gasteiger partial charge on any atom is -0.456 e. The normalized spacial score (nSPS) is 14.4. The third-order valence-electron chi connectivity index (χ3n) is 10.9. The Bertz CT molecular complexity index is 3180. The number of nitrogens with zero attached hydrogens (tertiary/aromatic N) is 2. The quantitative estimate of drug-likeness (QED) is 0.194. The van der Waals surface area contributed by atoms with Gasteiger partial charge in [0.1, 0.15) is 23.2 Å². The second-order valence-electron chi connectivity index (χ2n) is 14.2. The first-order valence-corrected chi connectivity index (χ1v) is 18.7. The van der Waals surface area contributed by atoms with Crippen molar-refractivity contribution in [1.82, 2.24) is 5.32 Å². The maximum Gasteiger partial charge on any atom is 0.159 e. The van der Waals surface area contributed by atoms with E-state index in [4.69, 9.17) is 14.4 Å². The zero-order chi connectivity index (χ0) is 36.3. The van der Waals surface area contributed by atoms with Gasteiger partial charge in [-0.05, 0) is 78.8 Å². The average Bonchev–Trinajstić information content (AvgIpc) is 3.62. The SMILES string of the molecule is c1ccc(C2=NC(c3ccccc3)NC(c3ccc(-c4c(-c5ccc6ccccc6c5)ccc5oc6cc7ccccc7cc6c45)c4ccccc34)=N2)cc1. The van der Waals surface area contributed by atoms with Crippen LogP contribution in [0.5, 0.6) is 0 Å². The van der Waals surface area contributed by atoms with Crippen LogP contribution in [-0.4, -0.2) is 11.7 Å². The number of nitrogens with one attached hydrogen (secondary N) is 1. The molecule has 4 heteroatoms. The molecule has 0 radical (unpaired) electrons. The lowest BCUT2D eigenvalue weighted by molar-refractivity contribution is 0.669. The largest absolute Gasteiger partial charge is 0.456 e. The van der Waals surface area contributed by atoms with Crippen LogP contribution in [0.2, 0.25) is 0 Å². The van der Waals surface area contributed by atoms with Crippen LogP contribution < -0.4 is 5.32 Å². The van der Waals surface area contributed by atoms with Gasteiger partial charge in [-0.15, -0.1) is 0 Å². The van der Waals surface area contributed by atoms with E-state index in [1.807, 2.05) is 24.3 Å². The lowest BCUT2D eigenvalue weighted by atomic mass is 9.86. The molecule has 1 aromatic heterocycles. The Morgan fingerprint density at radius 2 is 1.05 bits per heavy atom. The van der Waals surface area contributed by atoms with Crippen molar-refractivity contribution < 1.29 is 4.42 Å². The molecular formula is C51H33N3O. The maximum absolute atomic E-state index is 6.68. The average molecular weight is 704 g/mol. The fourth-order valence-electron chi connectivity index (χ4n) is 8.26. The van der Waals surface area contributed by atoms with E-state index in [2.05, 4.69) is 169 Å². The first-order valence-electron chi connectivity index (χ1n) is 18.7. The van der Waals surface area contributed by atoms with Crippen LogP contribution in [0, 0.1) is 0 Å². The highest BCUT2D eigenvalue weighted by molar-refractivity contribution is 6.23. The van der Waals surface area contributed by atoms with Crippen LogP contribution in [0.3, 0.4) is 0 Å². The first kappa shape index (κ1) is 31.2. The zero-order valence-electron chi connectivity index (χ0n) is 29.8. The van der Waals surface area contributed by atoms with Crippen LogP contribution in [0.1, 0.15) is 22.9 Å². The Kier molecular flexibility index (Phi) is 7.20. The lowest BCUT2D eigenvalue weighted by Gasteiger charge is -2.25. The molecule has 258 valence electrons. The number of fused-ring (bicyclic) bond motifs is 6. The van der Waals surface area contributed by atoms with Gasteiger partial charge in [-0.25, -0.2) is 9.98 Å². The zero-order valence-corrected chi connectivity index (χ0v) is 29.8. The van der Waals surface area contributed by atoms with E-state index in [1.54, 1.807) is 0 Å². The molecule has 1 aliphatic heterocycles. The summed E-state index contributed by atoms with van der Waals surface area (Å²) in [5.74, 6) is 1.50. The highest BCUT2D eigenvalue weighted by Gasteiger charge is 2.25. The molecule has 0 saturated heterocycles. The van der Waals surface area contributed by atoms with Crippen LogP contribution >= 0.6 is 0 Å². The van der Waals surface area contributed by atoms with Crippen molar-refractivity contribution in [2.24, 2.45) is 9.98 Å². The molecule has 11 rings (SSSR count). The monoisotopic (exact) mass is 703 g/mol. The molecule has 1 N–H and O–H groups in total. The molecule has 0 aliphatic carbocycles. The van der Waals surface area contributed by atoms with Crippen LogP contribution in [0.25, 0.3) is 76.5 Å². The van der Waals surface area contributed by atoms with E-state index in [1.165, 1.54) is 16.2 Å². The number of rotatable bonds is 5. The molecule has 0 saturated carbocycles.